The number of rotatable bonds is 7. The van der Waals surface area contributed by atoms with Crippen LogP contribution in [0.5, 0.6) is 0 Å². The van der Waals surface area contributed by atoms with Crippen molar-refractivity contribution in [2.24, 2.45) is 0 Å². The molecule has 2 aromatic heterocycles. The maximum Gasteiger partial charge on any atom is 0.338 e. The number of carbonyl (C=O) groups is 1. The lowest BCUT2D eigenvalue weighted by Crippen LogP contribution is -2.31. The first kappa shape index (κ1) is 22.5. The molecule has 0 spiro atoms. The molecule has 0 radical (unpaired) electrons. The minimum atomic E-state index is -0.635. The number of nitrogens with zero attached hydrogens (tertiary/aromatic N) is 6. The van der Waals surface area contributed by atoms with Crippen LogP contribution in [0, 0.1) is 0 Å². The second-order valence-electron chi connectivity index (χ2n) is 7.14. The molecule has 1 aliphatic heterocycles. The van der Waals surface area contributed by atoms with Crippen molar-refractivity contribution in [1.29, 1.82) is 0 Å². The van der Waals surface area contributed by atoms with E-state index in [-0.39, 0.29) is 6.61 Å². The van der Waals surface area contributed by atoms with Gasteiger partial charge in [-0.05, 0) is 23.4 Å². The minimum absolute atomic E-state index is 0.233. The zero-order valence-electron chi connectivity index (χ0n) is 17.9. The van der Waals surface area contributed by atoms with Gasteiger partial charge in [0.2, 0.25) is 5.95 Å². The molecule has 1 N–H and O–H groups in total. The number of anilines is 1. The maximum absolute atomic E-state index is 13.2. The molecule has 3 heterocycles. The number of esters is 1. The standard InChI is InChI=1S/C22H18ClN7O2S2/c1-2-32-20(31)17-16(12-33-22-27-25-19(34-22)13-8-4-3-5-9-13)24-21-26-28-29-30(21)18(17)14-10-6-7-11-15(14)23/h3-11,18H,2,12H2,1H3,(H,24,26,29). The van der Waals surface area contributed by atoms with Crippen LogP contribution < -0.4 is 5.32 Å². The van der Waals surface area contributed by atoms with Crippen molar-refractivity contribution in [1.82, 2.24) is 30.4 Å². The number of fused-ring (bicyclic) bond motifs is 1. The second kappa shape index (κ2) is 9.92. The van der Waals surface area contributed by atoms with E-state index in [0.29, 0.717) is 33.6 Å². The number of thioether (sulfide) groups is 1. The topological polar surface area (TPSA) is 108 Å². The lowest BCUT2D eigenvalue weighted by Gasteiger charge is -2.28. The van der Waals surface area contributed by atoms with Crippen LogP contribution in [-0.4, -0.2) is 48.7 Å². The molecule has 0 amide bonds. The highest BCUT2D eigenvalue weighted by molar-refractivity contribution is 8.01. The number of hydrogen-bond acceptors (Lipinski definition) is 10. The predicted molar refractivity (Wildman–Crippen MR) is 131 cm³/mol. The number of tetrazole rings is 1. The highest BCUT2D eigenvalue weighted by atomic mass is 35.5. The van der Waals surface area contributed by atoms with Gasteiger partial charge in [0.15, 0.2) is 4.34 Å². The van der Waals surface area contributed by atoms with Gasteiger partial charge < -0.3 is 10.1 Å². The van der Waals surface area contributed by atoms with Crippen LogP contribution in [0.4, 0.5) is 5.95 Å². The van der Waals surface area contributed by atoms with E-state index in [1.54, 1.807) is 17.7 Å². The first-order valence-corrected chi connectivity index (χ1v) is 12.5. The molecule has 1 unspecified atom stereocenters. The number of halogens is 1. The summed E-state index contributed by atoms with van der Waals surface area (Å²) in [5, 5.41) is 25.1. The van der Waals surface area contributed by atoms with E-state index in [1.807, 2.05) is 48.5 Å². The Morgan fingerprint density at radius 2 is 1.94 bits per heavy atom. The summed E-state index contributed by atoms with van der Waals surface area (Å²) in [5.41, 5.74) is 2.74. The van der Waals surface area contributed by atoms with Crippen molar-refractivity contribution in [3.63, 3.8) is 0 Å². The minimum Gasteiger partial charge on any atom is -0.463 e. The van der Waals surface area contributed by atoms with Crippen molar-refractivity contribution in [3.8, 4) is 10.6 Å². The van der Waals surface area contributed by atoms with Gasteiger partial charge in [-0.25, -0.2) is 4.79 Å². The summed E-state index contributed by atoms with van der Waals surface area (Å²) in [7, 11) is 0. The van der Waals surface area contributed by atoms with Gasteiger partial charge in [-0.1, -0.05) is 88.3 Å². The lowest BCUT2D eigenvalue weighted by molar-refractivity contribution is -0.139. The quantitative estimate of drug-likeness (QED) is 0.284. The molecule has 0 saturated carbocycles. The normalized spacial score (nSPS) is 15.1. The molecule has 1 aliphatic rings. The second-order valence-corrected chi connectivity index (χ2v) is 9.74. The average Bonchev–Trinajstić information content (AvgIpc) is 3.52. The van der Waals surface area contributed by atoms with Gasteiger partial charge in [0, 0.05) is 27.6 Å². The van der Waals surface area contributed by atoms with Crippen molar-refractivity contribution in [2.75, 3.05) is 17.7 Å². The number of aromatic nitrogens is 6. The zero-order valence-corrected chi connectivity index (χ0v) is 20.3. The zero-order chi connectivity index (χ0) is 23.5. The van der Waals surface area contributed by atoms with Crippen molar-refractivity contribution in [3.05, 3.63) is 76.5 Å². The smallest absolute Gasteiger partial charge is 0.338 e. The predicted octanol–water partition coefficient (Wildman–Crippen LogP) is 4.47. The first-order valence-electron chi connectivity index (χ1n) is 10.4. The van der Waals surface area contributed by atoms with Crippen LogP contribution in [0.3, 0.4) is 0 Å². The Kier molecular flexibility index (Phi) is 6.57. The van der Waals surface area contributed by atoms with E-state index in [9.17, 15) is 4.79 Å². The summed E-state index contributed by atoms with van der Waals surface area (Å²) in [4.78, 5) is 13.2. The molecule has 0 bridgehead atoms. The molecule has 4 aromatic rings. The summed E-state index contributed by atoms with van der Waals surface area (Å²) in [6, 6.07) is 16.5. The molecule has 1 atom stereocenters. The van der Waals surface area contributed by atoms with E-state index in [4.69, 9.17) is 16.3 Å². The summed E-state index contributed by atoms with van der Waals surface area (Å²) >= 11 is 9.48. The third kappa shape index (κ3) is 4.41. The molecule has 9 nitrogen and oxygen atoms in total. The van der Waals surface area contributed by atoms with Gasteiger partial charge in [-0.3, -0.25) is 0 Å². The van der Waals surface area contributed by atoms with Gasteiger partial charge in [-0.2, -0.15) is 4.68 Å². The Balaban J connectivity index is 1.50. The molecule has 5 rings (SSSR count). The monoisotopic (exact) mass is 511 g/mol. The third-order valence-electron chi connectivity index (χ3n) is 5.06. The third-order valence-corrected chi connectivity index (χ3v) is 7.54. The highest BCUT2D eigenvalue weighted by Gasteiger charge is 2.37. The van der Waals surface area contributed by atoms with Gasteiger partial charge in [0.1, 0.15) is 11.0 Å². The molecule has 0 saturated heterocycles. The van der Waals surface area contributed by atoms with E-state index in [1.165, 1.54) is 23.1 Å². The average molecular weight is 512 g/mol. The first-order chi connectivity index (χ1) is 16.7. The fourth-order valence-corrected chi connectivity index (χ4v) is 5.65. The van der Waals surface area contributed by atoms with Gasteiger partial charge in [0.25, 0.3) is 0 Å². The fourth-order valence-electron chi connectivity index (χ4n) is 3.58. The molecule has 0 fully saturated rings. The Bertz CT molecular complexity index is 1360. The number of hydrogen-bond donors (Lipinski definition) is 1. The van der Waals surface area contributed by atoms with Crippen molar-refractivity contribution in [2.45, 2.75) is 17.3 Å². The van der Waals surface area contributed by atoms with E-state index in [2.05, 4.69) is 31.0 Å². The van der Waals surface area contributed by atoms with E-state index >= 15 is 0 Å². The van der Waals surface area contributed by atoms with Crippen LogP contribution in [0.1, 0.15) is 18.5 Å². The van der Waals surface area contributed by atoms with E-state index < -0.39 is 12.0 Å². The Morgan fingerprint density at radius 3 is 2.74 bits per heavy atom. The molecular weight excluding hydrogens is 494 g/mol. The largest absolute Gasteiger partial charge is 0.463 e. The summed E-state index contributed by atoms with van der Waals surface area (Å²) in [6.45, 7) is 2.00. The number of ether oxygens (including phenoxy) is 1. The van der Waals surface area contributed by atoms with Gasteiger partial charge in [0.05, 0.1) is 12.2 Å². The van der Waals surface area contributed by atoms with Crippen LogP contribution >= 0.6 is 34.7 Å². The Labute approximate surface area is 208 Å². The maximum atomic E-state index is 13.2. The number of carbonyl (C=O) groups excluding carboxylic acids is 1. The van der Waals surface area contributed by atoms with Crippen LogP contribution in [0.25, 0.3) is 10.6 Å². The molecule has 2 aromatic carbocycles. The van der Waals surface area contributed by atoms with Gasteiger partial charge >= 0.3 is 5.97 Å². The molecule has 0 aliphatic carbocycles. The molecule has 34 heavy (non-hydrogen) atoms. The Hall–Kier alpha value is -3.28. The number of benzene rings is 2. The number of nitrogens with one attached hydrogen (secondary N) is 1. The summed E-state index contributed by atoms with van der Waals surface area (Å²) in [6.07, 6.45) is 0. The Morgan fingerprint density at radius 1 is 1.15 bits per heavy atom. The lowest BCUT2D eigenvalue weighted by atomic mass is 9.95. The SMILES string of the molecule is CCOC(=O)C1=C(CSc2nnc(-c3ccccc3)s2)Nc2nnnn2C1c1ccccc1Cl. The van der Waals surface area contributed by atoms with Crippen molar-refractivity contribution < 1.29 is 9.53 Å². The van der Waals surface area contributed by atoms with Crippen LogP contribution in [0.15, 0.2) is 70.2 Å². The summed E-state index contributed by atoms with van der Waals surface area (Å²) in [5.74, 6) is 0.362. The van der Waals surface area contributed by atoms with E-state index in [0.717, 1.165) is 14.9 Å². The fraction of sp³-hybridized carbons (Fsp3) is 0.182. The van der Waals surface area contributed by atoms with Crippen LogP contribution in [0.2, 0.25) is 5.02 Å². The summed E-state index contributed by atoms with van der Waals surface area (Å²) < 4.78 is 7.73. The van der Waals surface area contributed by atoms with Crippen LogP contribution in [-0.2, 0) is 9.53 Å². The highest BCUT2D eigenvalue weighted by Crippen LogP contribution is 2.39. The van der Waals surface area contributed by atoms with Gasteiger partial charge in [-0.15, -0.1) is 10.2 Å². The van der Waals surface area contributed by atoms with Crippen molar-refractivity contribution >= 4 is 46.6 Å². The molecule has 172 valence electrons. The molecule has 12 heteroatoms. The molecular formula is C22H18ClN7O2S2.